The summed E-state index contributed by atoms with van der Waals surface area (Å²) < 4.78 is 5.90. The van der Waals surface area contributed by atoms with Crippen molar-refractivity contribution in [2.75, 3.05) is 11.9 Å². The van der Waals surface area contributed by atoms with Crippen LogP contribution in [0.15, 0.2) is 24.3 Å². The van der Waals surface area contributed by atoms with Crippen LogP contribution < -0.4 is 5.32 Å². The third kappa shape index (κ3) is 3.53. The molecule has 1 aromatic rings. The molecular weight excluding hydrogens is 293 g/mol. The number of benzene rings is 1. The Balaban J connectivity index is 2.52. The van der Waals surface area contributed by atoms with Gasteiger partial charge in [-0.2, -0.15) is 0 Å². The third-order valence-electron chi connectivity index (χ3n) is 1.55. The standard InChI is InChI=1S/C10H12INO2/c1-2-7-14-10(13)12-9-6-4-3-5-8(9)11/h3-6H,2,7H2,1H3,(H,12,13). The van der Waals surface area contributed by atoms with Crippen LogP contribution in [0, 0.1) is 3.57 Å². The van der Waals surface area contributed by atoms with E-state index in [0.29, 0.717) is 6.61 Å². The summed E-state index contributed by atoms with van der Waals surface area (Å²) in [7, 11) is 0. The number of rotatable bonds is 3. The van der Waals surface area contributed by atoms with Crippen LogP contribution in [0.25, 0.3) is 0 Å². The lowest BCUT2D eigenvalue weighted by molar-refractivity contribution is 0.161. The second-order valence-electron chi connectivity index (χ2n) is 2.74. The van der Waals surface area contributed by atoms with Gasteiger partial charge in [0, 0.05) is 3.57 Å². The number of para-hydroxylation sites is 1. The Kier molecular flexibility index (Phi) is 4.72. The Labute approximate surface area is 97.0 Å². The molecule has 1 N–H and O–H groups in total. The van der Waals surface area contributed by atoms with E-state index >= 15 is 0 Å². The molecule has 0 aliphatic rings. The van der Waals surface area contributed by atoms with Crippen LogP contribution in [0.2, 0.25) is 0 Å². The van der Waals surface area contributed by atoms with Crippen LogP contribution in [0.4, 0.5) is 10.5 Å². The van der Waals surface area contributed by atoms with Crippen LogP contribution >= 0.6 is 22.6 Å². The number of anilines is 1. The second-order valence-corrected chi connectivity index (χ2v) is 3.90. The van der Waals surface area contributed by atoms with Gasteiger partial charge in [0.2, 0.25) is 0 Å². The Morgan fingerprint density at radius 2 is 2.21 bits per heavy atom. The van der Waals surface area contributed by atoms with Crippen LogP contribution in [-0.4, -0.2) is 12.7 Å². The molecule has 0 unspecified atom stereocenters. The average Bonchev–Trinajstić information content (AvgIpc) is 2.18. The highest BCUT2D eigenvalue weighted by Crippen LogP contribution is 2.16. The minimum absolute atomic E-state index is 0.393. The molecule has 76 valence electrons. The van der Waals surface area contributed by atoms with E-state index in [4.69, 9.17) is 4.74 Å². The van der Waals surface area contributed by atoms with Gasteiger partial charge in [-0.05, 0) is 41.1 Å². The van der Waals surface area contributed by atoms with Crippen molar-refractivity contribution in [1.82, 2.24) is 0 Å². The number of hydrogen-bond donors (Lipinski definition) is 1. The third-order valence-corrected chi connectivity index (χ3v) is 2.49. The predicted molar refractivity (Wildman–Crippen MR) is 64.4 cm³/mol. The number of carbonyl (C=O) groups excluding carboxylic acids is 1. The van der Waals surface area contributed by atoms with Gasteiger partial charge in [0.05, 0.1) is 12.3 Å². The largest absolute Gasteiger partial charge is 0.449 e. The van der Waals surface area contributed by atoms with Gasteiger partial charge < -0.3 is 4.74 Å². The summed E-state index contributed by atoms with van der Waals surface area (Å²) in [6, 6.07) is 7.56. The fraction of sp³-hybridized carbons (Fsp3) is 0.300. The molecule has 0 atom stereocenters. The zero-order valence-electron chi connectivity index (χ0n) is 7.92. The normalized spacial score (nSPS) is 9.57. The average molecular weight is 305 g/mol. The second kappa shape index (κ2) is 5.85. The lowest BCUT2D eigenvalue weighted by Gasteiger charge is -2.07. The van der Waals surface area contributed by atoms with E-state index in [-0.39, 0.29) is 0 Å². The lowest BCUT2D eigenvalue weighted by Crippen LogP contribution is -2.14. The van der Waals surface area contributed by atoms with Gasteiger partial charge in [-0.25, -0.2) is 4.79 Å². The van der Waals surface area contributed by atoms with E-state index in [0.717, 1.165) is 15.7 Å². The summed E-state index contributed by atoms with van der Waals surface area (Å²) in [6.07, 6.45) is 0.440. The molecule has 1 aromatic carbocycles. The van der Waals surface area contributed by atoms with Gasteiger partial charge in [-0.3, -0.25) is 5.32 Å². The molecule has 14 heavy (non-hydrogen) atoms. The molecule has 0 fully saturated rings. The summed E-state index contributed by atoms with van der Waals surface area (Å²) in [4.78, 5) is 11.2. The van der Waals surface area contributed by atoms with Crippen LogP contribution in [-0.2, 0) is 4.74 Å². The number of amides is 1. The Hall–Kier alpha value is -0.780. The Morgan fingerprint density at radius 3 is 2.86 bits per heavy atom. The van der Waals surface area contributed by atoms with Crippen molar-refractivity contribution in [3.63, 3.8) is 0 Å². The summed E-state index contributed by atoms with van der Waals surface area (Å²) in [5.41, 5.74) is 0.786. The zero-order chi connectivity index (χ0) is 10.4. The van der Waals surface area contributed by atoms with E-state index < -0.39 is 6.09 Å². The Morgan fingerprint density at radius 1 is 1.50 bits per heavy atom. The van der Waals surface area contributed by atoms with Crippen molar-refractivity contribution in [3.8, 4) is 0 Å². The number of ether oxygens (including phenoxy) is 1. The highest BCUT2D eigenvalue weighted by atomic mass is 127. The van der Waals surface area contributed by atoms with Crippen molar-refractivity contribution in [2.45, 2.75) is 13.3 Å². The van der Waals surface area contributed by atoms with Gasteiger partial charge in [-0.1, -0.05) is 19.1 Å². The van der Waals surface area contributed by atoms with E-state index in [2.05, 4.69) is 27.9 Å². The smallest absolute Gasteiger partial charge is 0.411 e. The topological polar surface area (TPSA) is 38.3 Å². The Bertz CT molecular complexity index is 315. The molecule has 0 spiro atoms. The number of halogens is 1. The SMILES string of the molecule is CCCOC(=O)Nc1ccccc1I. The molecule has 0 aliphatic carbocycles. The fourth-order valence-corrected chi connectivity index (χ4v) is 1.43. The fourth-order valence-electron chi connectivity index (χ4n) is 0.903. The number of hydrogen-bond acceptors (Lipinski definition) is 2. The summed E-state index contributed by atoms with van der Waals surface area (Å²) in [6.45, 7) is 2.41. The zero-order valence-corrected chi connectivity index (χ0v) is 10.1. The minimum atomic E-state index is -0.393. The molecule has 1 amide bonds. The maximum absolute atomic E-state index is 11.2. The van der Waals surface area contributed by atoms with Crippen molar-refractivity contribution >= 4 is 34.4 Å². The van der Waals surface area contributed by atoms with E-state index in [1.165, 1.54) is 0 Å². The first-order valence-corrected chi connectivity index (χ1v) is 5.50. The highest BCUT2D eigenvalue weighted by molar-refractivity contribution is 14.1. The van der Waals surface area contributed by atoms with Crippen molar-refractivity contribution in [2.24, 2.45) is 0 Å². The van der Waals surface area contributed by atoms with Gasteiger partial charge in [0.1, 0.15) is 0 Å². The van der Waals surface area contributed by atoms with Crippen LogP contribution in [0.5, 0.6) is 0 Å². The molecule has 0 saturated carbocycles. The van der Waals surface area contributed by atoms with Crippen molar-refractivity contribution in [3.05, 3.63) is 27.8 Å². The molecule has 0 heterocycles. The van der Waals surface area contributed by atoms with Crippen molar-refractivity contribution in [1.29, 1.82) is 0 Å². The van der Waals surface area contributed by atoms with Gasteiger partial charge in [0.15, 0.2) is 0 Å². The first-order chi connectivity index (χ1) is 6.74. The van der Waals surface area contributed by atoms with Crippen LogP contribution in [0.3, 0.4) is 0 Å². The number of nitrogens with one attached hydrogen (secondary N) is 1. The summed E-state index contributed by atoms with van der Waals surface area (Å²) >= 11 is 2.16. The molecular formula is C10H12INO2. The number of carbonyl (C=O) groups is 1. The quantitative estimate of drug-likeness (QED) is 0.871. The maximum atomic E-state index is 11.2. The van der Waals surface area contributed by atoms with Crippen LogP contribution in [0.1, 0.15) is 13.3 Å². The first-order valence-electron chi connectivity index (χ1n) is 4.42. The molecule has 1 rings (SSSR count). The van der Waals surface area contributed by atoms with Gasteiger partial charge >= 0.3 is 6.09 Å². The van der Waals surface area contributed by atoms with E-state index in [1.807, 2.05) is 31.2 Å². The highest BCUT2D eigenvalue weighted by Gasteiger charge is 2.04. The van der Waals surface area contributed by atoms with E-state index in [1.54, 1.807) is 0 Å². The molecule has 0 aliphatic heterocycles. The van der Waals surface area contributed by atoms with Crippen molar-refractivity contribution < 1.29 is 9.53 Å². The monoisotopic (exact) mass is 305 g/mol. The molecule has 4 heteroatoms. The lowest BCUT2D eigenvalue weighted by atomic mass is 10.3. The predicted octanol–water partition coefficient (Wildman–Crippen LogP) is 3.25. The molecule has 0 radical (unpaired) electrons. The molecule has 0 bridgehead atoms. The summed E-state index contributed by atoms with van der Waals surface area (Å²) in [5.74, 6) is 0. The molecule has 0 aromatic heterocycles. The minimum Gasteiger partial charge on any atom is -0.449 e. The first kappa shape index (κ1) is 11.3. The van der Waals surface area contributed by atoms with E-state index in [9.17, 15) is 4.79 Å². The molecule has 3 nitrogen and oxygen atoms in total. The molecule has 0 saturated heterocycles. The van der Waals surface area contributed by atoms with Gasteiger partial charge in [-0.15, -0.1) is 0 Å². The van der Waals surface area contributed by atoms with Gasteiger partial charge in [0.25, 0.3) is 0 Å². The maximum Gasteiger partial charge on any atom is 0.411 e. The summed E-state index contributed by atoms with van der Waals surface area (Å²) in [5, 5.41) is 2.68.